The first-order valence-corrected chi connectivity index (χ1v) is 8.35. The third-order valence-corrected chi connectivity index (χ3v) is 4.86. The Kier molecular flexibility index (Phi) is 4.51. The smallest absolute Gasteiger partial charge is 0.253 e. The van der Waals surface area contributed by atoms with E-state index in [4.69, 9.17) is 0 Å². The highest BCUT2D eigenvalue weighted by Crippen LogP contribution is 2.22. The Morgan fingerprint density at radius 3 is 2.82 bits per heavy atom. The van der Waals surface area contributed by atoms with E-state index in [0.717, 1.165) is 28.6 Å². The summed E-state index contributed by atoms with van der Waals surface area (Å²) in [5.41, 5.74) is 2.72. The zero-order valence-electron chi connectivity index (χ0n) is 13.6. The van der Waals surface area contributed by atoms with Crippen molar-refractivity contribution in [1.82, 2.24) is 14.9 Å². The van der Waals surface area contributed by atoms with Crippen LogP contribution in [-0.4, -0.2) is 29.8 Å². The molecule has 1 saturated carbocycles. The monoisotopic (exact) mass is 297 g/mol. The van der Waals surface area contributed by atoms with Crippen molar-refractivity contribution in [2.24, 2.45) is 13.0 Å². The summed E-state index contributed by atoms with van der Waals surface area (Å²) in [7, 11) is 3.94. The molecule has 2 aromatic heterocycles. The number of nitrogens with one attached hydrogen (secondary N) is 1. The number of hydrogen-bond acceptors (Lipinski definition) is 2. The van der Waals surface area contributed by atoms with E-state index in [1.807, 2.05) is 31.7 Å². The number of aromatic nitrogens is 2. The van der Waals surface area contributed by atoms with E-state index in [0.29, 0.717) is 5.92 Å². The fourth-order valence-electron chi connectivity index (χ4n) is 3.58. The van der Waals surface area contributed by atoms with Gasteiger partial charge in [0, 0.05) is 37.0 Å². The van der Waals surface area contributed by atoms with E-state index < -0.39 is 0 Å². The molecule has 1 aliphatic carbocycles. The van der Waals surface area contributed by atoms with Crippen LogP contribution in [0.25, 0.3) is 10.9 Å². The Labute approximate surface area is 132 Å². The molecule has 1 fully saturated rings. The normalized spacial score (nSPS) is 16.6. The highest BCUT2D eigenvalue weighted by atomic mass is 16.1. The van der Waals surface area contributed by atoms with Crippen molar-refractivity contribution in [2.75, 3.05) is 6.54 Å². The van der Waals surface area contributed by atoms with Crippen LogP contribution in [0, 0.1) is 5.92 Å². The van der Waals surface area contributed by atoms with E-state index in [2.05, 4.69) is 10.3 Å². The highest BCUT2D eigenvalue weighted by molar-refractivity contribution is 6.38. The Morgan fingerprint density at radius 2 is 2.09 bits per heavy atom. The van der Waals surface area contributed by atoms with Crippen molar-refractivity contribution in [3.05, 3.63) is 24.0 Å². The molecule has 5 heteroatoms. The Morgan fingerprint density at radius 1 is 1.36 bits per heavy atom. The van der Waals surface area contributed by atoms with Crippen molar-refractivity contribution in [3.63, 3.8) is 0 Å². The molecule has 22 heavy (non-hydrogen) atoms. The minimum atomic E-state index is 0.0333. The molecule has 116 valence electrons. The Hall–Kier alpha value is -1.78. The van der Waals surface area contributed by atoms with Crippen LogP contribution < -0.4 is 10.9 Å². The van der Waals surface area contributed by atoms with Gasteiger partial charge in [-0.25, -0.2) is 0 Å². The van der Waals surface area contributed by atoms with Gasteiger partial charge in [-0.1, -0.05) is 25.7 Å². The lowest BCUT2D eigenvalue weighted by atomic mass is 9.96. The quantitative estimate of drug-likeness (QED) is 0.690. The lowest BCUT2D eigenvalue weighted by Gasteiger charge is -2.14. The molecule has 0 unspecified atom stereocenters. The van der Waals surface area contributed by atoms with E-state index in [9.17, 15) is 4.79 Å². The van der Waals surface area contributed by atoms with Gasteiger partial charge in [-0.05, 0) is 24.8 Å². The Balaban J connectivity index is 1.75. The van der Waals surface area contributed by atoms with Gasteiger partial charge in [0.05, 0.1) is 11.1 Å². The first kappa shape index (κ1) is 15.1. The number of pyridine rings is 1. The van der Waals surface area contributed by atoms with Crippen molar-refractivity contribution in [1.29, 1.82) is 0 Å². The number of hydrogen-bond donors (Lipinski definition) is 1. The summed E-state index contributed by atoms with van der Waals surface area (Å²) in [4.78, 5) is 16.9. The number of amides is 1. The molecule has 0 radical (unpaired) electrons. The van der Waals surface area contributed by atoms with Crippen molar-refractivity contribution in [3.8, 4) is 0 Å². The standard InChI is InChI=1S/C17H24BN3O/c1-21-11-13(15-14(21)8-9-19-16(15)18)17(22)20-10-12-6-4-2-3-5-7-12/h8-9,11-12H,2-7,10,18H2,1H3,(H,20,22). The number of nitrogens with zero attached hydrogens (tertiary/aromatic N) is 2. The molecular weight excluding hydrogens is 273 g/mol. The molecule has 0 spiro atoms. The van der Waals surface area contributed by atoms with Crippen LogP contribution in [0.1, 0.15) is 48.9 Å². The molecule has 2 aromatic rings. The number of aryl methyl sites for hydroxylation is 1. The van der Waals surface area contributed by atoms with E-state index in [1.165, 1.54) is 38.5 Å². The second kappa shape index (κ2) is 6.55. The molecule has 0 bridgehead atoms. The Bertz CT molecular complexity index is 672. The highest BCUT2D eigenvalue weighted by Gasteiger charge is 2.18. The minimum Gasteiger partial charge on any atom is -0.352 e. The van der Waals surface area contributed by atoms with Crippen LogP contribution in [0.15, 0.2) is 18.5 Å². The van der Waals surface area contributed by atoms with Crippen LogP contribution in [0.2, 0.25) is 0 Å². The number of fused-ring (bicyclic) bond motifs is 1. The van der Waals surface area contributed by atoms with Crippen molar-refractivity contribution < 1.29 is 4.79 Å². The van der Waals surface area contributed by atoms with E-state index in [1.54, 1.807) is 6.20 Å². The van der Waals surface area contributed by atoms with E-state index >= 15 is 0 Å². The van der Waals surface area contributed by atoms with Crippen molar-refractivity contribution >= 4 is 30.2 Å². The maximum atomic E-state index is 12.6. The van der Waals surface area contributed by atoms with Crippen LogP contribution >= 0.6 is 0 Å². The third-order valence-electron chi connectivity index (χ3n) is 4.86. The summed E-state index contributed by atoms with van der Waals surface area (Å²) in [6, 6.07) is 1.96. The molecule has 2 heterocycles. The number of carbonyl (C=O) groups is 1. The minimum absolute atomic E-state index is 0.0333. The number of carbonyl (C=O) groups excluding carboxylic acids is 1. The maximum Gasteiger partial charge on any atom is 0.253 e. The predicted molar refractivity (Wildman–Crippen MR) is 92.4 cm³/mol. The summed E-state index contributed by atoms with van der Waals surface area (Å²) in [5, 5.41) is 4.12. The van der Waals surface area contributed by atoms with Gasteiger partial charge < -0.3 is 9.88 Å². The largest absolute Gasteiger partial charge is 0.352 e. The molecule has 0 saturated heterocycles. The average molecular weight is 297 g/mol. The number of rotatable bonds is 3. The molecule has 1 N–H and O–H groups in total. The van der Waals surface area contributed by atoms with Gasteiger partial charge >= 0.3 is 0 Å². The van der Waals surface area contributed by atoms with Crippen LogP contribution in [0.5, 0.6) is 0 Å². The SMILES string of the molecule is Bc1nccc2c1c(C(=O)NCC1CCCCCC1)cn2C. The summed E-state index contributed by atoms with van der Waals surface area (Å²) >= 11 is 0. The van der Waals surface area contributed by atoms with Crippen LogP contribution in [0.3, 0.4) is 0 Å². The zero-order chi connectivity index (χ0) is 15.5. The average Bonchev–Trinajstić information content (AvgIpc) is 2.70. The third kappa shape index (κ3) is 3.03. The van der Waals surface area contributed by atoms with Gasteiger partial charge in [-0.2, -0.15) is 0 Å². The molecule has 3 rings (SSSR count). The van der Waals surface area contributed by atoms with Gasteiger partial charge in [-0.15, -0.1) is 0 Å². The fourth-order valence-corrected chi connectivity index (χ4v) is 3.58. The molecule has 1 aliphatic rings. The lowest BCUT2D eigenvalue weighted by Crippen LogP contribution is -2.29. The summed E-state index contributed by atoms with van der Waals surface area (Å²) in [6.07, 6.45) is 11.5. The zero-order valence-corrected chi connectivity index (χ0v) is 13.6. The molecule has 0 atom stereocenters. The topological polar surface area (TPSA) is 46.9 Å². The molecule has 4 nitrogen and oxygen atoms in total. The van der Waals surface area contributed by atoms with Crippen molar-refractivity contribution in [2.45, 2.75) is 38.5 Å². The molecule has 0 aromatic carbocycles. The second-order valence-electron chi connectivity index (χ2n) is 6.51. The molecule has 1 amide bonds. The van der Waals surface area contributed by atoms with Crippen LogP contribution in [0.4, 0.5) is 0 Å². The summed E-state index contributed by atoms with van der Waals surface area (Å²) in [6.45, 7) is 0.800. The van der Waals surface area contributed by atoms with Gasteiger partial charge in [0.15, 0.2) is 7.85 Å². The van der Waals surface area contributed by atoms with Gasteiger partial charge in [0.25, 0.3) is 5.91 Å². The first-order valence-electron chi connectivity index (χ1n) is 8.35. The second-order valence-corrected chi connectivity index (χ2v) is 6.51. The first-order chi connectivity index (χ1) is 10.7. The van der Waals surface area contributed by atoms with E-state index in [-0.39, 0.29) is 5.91 Å². The lowest BCUT2D eigenvalue weighted by molar-refractivity contribution is 0.0947. The predicted octanol–water partition coefficient (Wildman–Crippen LogP) is 1.53. The summed E-state index contributed by atoms with van der Waals surface area (Å²) in [5.74, 6) is 0.673. The van der Waals surface area contributed by atoms with Gasteiger partial charge in [0.2, 0.25) is 0 Å². The molecule has 0 aliphatic heterocycles. The molecular formula is C17H24BN3O. The summed E-state index contributed by atoms with van der Waals surface area (Å²) < 4.78 is 2.00. The van der Waals surface area contributed by atoms with Gasteiger partial charge in [0.1, 0.15) is 0 Å². The van der Waals surface area contributed by atoms with Gasteiger partial charge in [-0.3, -0.25) is 9.78 Å². The fraction of sp³-hybridized carbons (Fsp3) is 0.529. The maximum absolute atomic E-state index is 12.6. The van der Waals surface area contributed by atoms with Crippen LogP contribution in [-0.2, 0) is 7.05 Å².